The Balaban J connectivity index is 1.66. The molecule has 0 aliphatic carbocycles. The topological polar surface area (TPSA) is 76.9 Å². The Morgan fingerprint density at radius 3 is 2.88 bits per heavy atom. The maximum absolute atomic E-state index is 6.20. The number of nitrogens with zero attached hydrogens (tertiary/aromatic N) is 4. The predicted molar refractivity (Wildman–Crippen MR) is 97.8 cm³/mol. The first-order valence-electron chi connectivity index (χ1n) is 8.26. The Kier molecular flexibility index (Phi) is 4.42. The highest BCUT2D eigenvalue weighted by molar-refractivity contribution is 6.32. The third kappa shape index (κ3) is 3.12. The van der Waals surface area contributed by atoms with Gasteiger partial charge in [0.25, 0.3) is 0 Å². The lowest BCUT2D eigenvalue weighted by Gasteiger charge is -2.23. The van der Waals surface area contributed by atoms with Gasteiger partial charge in [-0.25, -0.2) is 14.6 Å². The summed E-state index contributed by atoms with van der Waals surface area (Å²) in [7, 11) is 1.59. The fraction of sp³-hybridized carbons (Fsp3) is 0.353. The smallest absolute Gasteiger partial charge is 0.163 e. The zero-order valence-electron chi connectivity index (χ0n) is 13.9. The number of anilines is 2. The van der Waals surface area contributed by atoms with E-state index in [0.717, 1.165) is 42.7 Å². The summed E-state index contributed by atoms with van der Waals surface area (Å²) in [5, 5.41) is 12.7. The summed E-state index contributed by atoms with van der Waals surface area (Å²) in [4.78, 5) is 8.82. The number of rotatable bonds is 4. The van der Waals surface area contributed by atoms with Crippen LogP contribution in [0.25, 0.3) is 11.0 Å². The van der Waals surface area contributed by atoms with Crippen LogP contribution in [-0.2, 0) is 0 Å². The summed E-state index contributed by atoms with van der Waals surface area (Å²) >= 11 is 6.20. The molecule has 7 nitrogen and oxygen atoms in total. The van der Waals surface area contributed by atoms with Crippen molar-refractivity contribution in [3.8, 4) is 5.75 Å². The summed E-state index contributed by atoms with van der Waals surface area (Å²) in [5.41, 5.74) is 1.68. The van der Waals surface area contributed by atoms with Gasteiger partial charge in [-0.05, 0) is 44.1 Å². The first-order valence-corrected chi connectivity index (χ1v) is 8.63. The minimum Gasteiger partial charge on any atom is -0.495 e. The molecule has 1 aliphatic rings. The first kappa shape index (κ1) is 16.1. The lowest BCUT2D eigenvalue weighted by atomic mass is 10.1. The predicted octanol–water partition coefficient (Wildman–Crippen LogP) is 3.16. The van der Waals surface area contributed by atoms with E-state index in [0.29, 0.717) is 22.6 Å². The second-order valence-electron chi connectivity index (χ2n) is 6.00. The van der Waals surface area contributed by atoms with Crippen molar-refractivity contribution in [2.45, 2.75) is 18.9 Å². The van der Waals surface area contributed by atoms with Gasteiger partial charge in [0.1, 0.15) is 17.9 Å². The summed E-state index contributed by atoms with van der Waals surface area (Å²) < 4.78 is 7.21. The van der Waals surface area contributed by atoms with E-state index in [-0.39, 0.29) is 0 Å². The molecule has 1 aromatic carbocycles. The molecule has 0 atom stereocenters. The lowest BCUT2D eigenvalue weighted by molar-refractivity contribution is 0.349. The number of fused-ring (bicyclic) bond motifs is 1. The summed E-state index contributed by atoms with van der Waals surface area (Å²) in [6.07, 6.45) is 5.50. The minimum absolute atomic E-state index is 0.372. The van der Waals surface area contributed by atoms with Crippen LogP contribution < -0.4 is 15.4 Å². The van der Waals surface area contributed by atoms with Crippen LogP contribution in [0, 0.1) is 0 Å². The first-order chi connectivity index (χ1) is 12.3. The van der Waals surface area contributed by atoms with Crippen molar-refractivity contribution >= 4 is 34.1 Å². The Morgan fingerprint density at radius 1 is 1.28 bits per heavy atom. The quantitative estimate of drug-likeness (QED) is 0.746. The number of hydrogen-bond donors (Lipinski definition) is 2. The van der Waals surface area contributed by atoms with Crippen molar-refractivity contribution in [2.75, 3.05) is 25.5 Å². The molecule has 8 heteroatoms. The van der Waals surface area contributed by atoms with Crippen LogP contribution in [0.15, 0.2) is 30.7 Å². The van der Waals surface area contributed by atoms with E-state index >= 15 is 0 Å². The summed E-state index contributed by atoms with van der Waals surface area (Å²) in [6, 6.07) is 5.90. The fourth-order valence-electron chi connectivity index (χ4n) is 3.16. The normalized spacial score (nSPS) is 15.4. The third-order valence-electron chi connectivity index (χ3n) is 4.46. The van der Waals surface area contributed by atoms with Gasteiger partial charge in [-0.3, -0.25) is 0 Å². The number of nitrogens with one attached hydrogen (secondary N) is 2. The van der Waals surface area contributed by atoms with E-state index in [1.165, 1.54) is 0 Å². The maximum Gasteiger partial charge on any atom is 0.163 e. The van der Waals surface area contributed by atoms with Crippen LogP contribution in [0.5, 0.6) is 5.75 Å². The average Bonchev–Trinajstić information content (AvgIpc) is 3.08. The Labute approximate surface area is 150 Å². The largest absolute Gasteiger partial charge is 0.495 e. The molecule has 130 valence electrons. The SMILES string of the molecule is COc1ccc(Nc2ncnc3c2cnn3C2CCNCC2)cc1Cl. The summed E-state index contributed by atoms with van der Waals surface area (Å²) in [5.74, 6) is 1.35. The highest BCUT2D eigenvalue weighted by atomic mass is 35.5. The van der Waals surface area contributed by atoms with Gasteiger partial charge in [0.15, 0.2) is 5.65 Å². The van der Waals surface area contributed by atoms with Crippen LogP contribution in [0.2, 0.25) is 5.02 Å². The molecule has 1 aliphatic heterocycles. The molecule has 0 spiro atoms. The number of ether oxygens (including phenoxy) is 1. The van der Waals surface area contributed by atoms with Crippen LogP contribution in [-0.4, -0.2) is 39.9 Å². The van der Waals surface area contributed by atoms with Crippen LogP contribution in [0.4, 0.5) is 11.5 Å². The molecule has 0 radical (unpaired) electrons. The second kappa shape index (κ2) is 6.85. The average molecular weight is 359 g/mol. The van der Waals surface area contributed by atoms with Gasteiger partial charge < -0.3 is 15.4 Å². The number of aromatic nitrogens is 4. The molecule has 0 bridgehead atoms. The molecule has 3 heterocycles. The fourth-order valence-corrected chi connectivity index (χ4v) is 3.42. The monoisotopic (exact) mass is 358 g/mol. The molecule has 0 unspecified atom stereocenters. The second-order valence-corrected chi connectivity index (χ2v) is 6.41. The summed E-state index contributed by atoms with van der Waals surface area (Å²) in [6.45, 7) is 2.01. The van der Waals surface area contributed by atoms with E-state index in [9.17, 15) is 0 Å². The molecule has 0 saturated carbocycles. The minimum atomic E-state index is 0.372. The Bertz CT molecular complexity index is 890. The van der Waals surface area contributed by atoms with Gasteiger partial charge >= 0.3 is 0 Å². The molecular formula is C17H19ClN6O. The van der Waals surface area contributed by atoms with Gasteiger partial charge in [-0.15, -0.1) is 0 Å². The van der Waals surface area contributed by atoms with Gasteiger partial charge in [-0.2, -0.15) is 5.10 Å². The zero-order valence-corrected chi connectivity index (χ0v) is 14.6. The van der Waals surface area contributed by atoms with Gasteiger partial charge in [0, 0.05) is 5.69 Å². The highest BCUT2D eigenvalue weighted by Crippen LogP contribution is 2.31. The number of hydrogen-bond acceptors (Lipinski definition) is 6. The molecule has 2 N–H and O–H groups in total. The molecule has 0 amide bonds. The van der Waals surface area contributed by atoms with Crippen molar-refractivity contribution in [1.29, 1.82) is 0 Å². The molecule has 1 fully saturated rings. The Morgan fingerprint density at radius 2 is 2.12 bits per heavy atom. The molecule has 25 heavy (non-hydrogen) atoms. The van der Waals surface area contributed by atoms with Crippen LogP contribution in [0.3, 0.4) is 0 Å². The van der Waals surface area contributed by atoms with Crippen LogP contribution >= 0.6 is 11.6 Å². The number of methoxy groups -OCH3 is 1. The zero-order chi connectivity index (χ0) is 17.2. The van der Waals surface area contributed by atoms with E-state index < -0.39 is 0 Å². The lowest BCUT2D eigenvalue weighted by Crippen LogP contribution is -2.29. The maximum atomic E-state index is 6.20. The van der Waals surface area contributed by atoms with Crippen molar-refractivity contribution in [1.82, 2.24) is 25.1 Å². The van der Waals surface area contributed by atoms with E-state index in [1.54, 1.807) is 13.4 Å². The van der Waals surface area contributed by atoms with E-state index in [2.05, 4.69) is 25.7 Å². The van der Waals surface area contributed by atoms with Gasteiger partial charge in [-0.1, -0.05) is 11.6 Å². The highest BCUT2D eigenvalue weighted by Gasteiger charge is 2.19. The molecule has 2 aromatic heterocycles. The Hall–Kier alpha value is -2.38. The molecule has 1 saturated heterocycles. The van der Waals surface area contributed by atoms with E-state index in [4.69, 9.17) is 16.3 Å². The molecule has 3 aromatic rings. The van der Waals surface area contributed by atoms with Gasteiger partial charge in [0.2, 0.25) is 0 Å². The van der Waals surface area contributed by atoms with Crippen molar-refractivity contribution in [2.24, 2.45) is 0 Å². The molecular weight excluding hydrogens is 340 g/mol. The number of benzene rings is 1. The molecule has 4 rings (SSSR count). The van der Waals surface area contributed by atoms with E-state index in [1.807, 2.05) is 29.1 Å². The standard InChI is InChI=1S/C17H19ClN6O/c1-25-15-3-2-11(8-14(15)18)23-16-13-9-22-24(17(13)21-10-20-16)12-4-6-19-7-5-12/h2-3,8-10,12,19H,4-7H2,1H3,(H,20,21,23). The van der Waals surface area contributed by atoms with Crippen molar-refractivity contribution < 1.29 is 4.74 Å². The van der Waals surface area contributed by atoms with Gasteiger partial charge in [0.05, 0.1) is 29.8 Å². The number of halogens is 1. The van der Waals surface area contributed by atoms with Crippen molar-refractivity contribution in [3.63, 3.8) is 0 Å². The number of piperidine rings is 1. The van der Waals surface area contributed by atoms with Crippen LogP contribution in [0.1, 0.15) is 18.9 Å². The third-order valence-corrected chi connectivity index (χ3v) is 4.76. The van der Waals surface area contributed by atoms with Crippen molar-refractivity contribution in [3.05, 3.63) is 35.7 Å².